The number of anilines is 2. The van der Waals surface area contributed by atoms with Crippen LogP contribution in [0, 0.1) is 0 Å². The molecular weight excluding hydrogens is 166 g/mol. The molecule has 0 aromatic carbocycles. The summed E-state index contributed by atoms with van der Waals surface area (Å²) in [7, 11) is 1.69. The monoisotopic (exact) mass is 181 g/mol. The second-order valence-corrected chi connectivity index (χ2v) is 2.75. The van der Waals surface area contributed by atoms with Crippen LogP contribution in [-0.2, 0) is 4.74 Å². The number of nitrogens with zero attached hydrogens (tertiary/aromatic N) is 1. The first-order valence-electron chi connectivity index (χ1n) is 4.27. The molecule has 0 aliphatic rings. The number of pyridine rings is 1. The van der Waals surface area contributed by atoms with Gasteiger partial charge in [-0.3, -0.25) is 0 Å². The molecule has 1 heterocycles. The summed E-state index contributed by atoms with van der Waals surface area (Å²) in [5, 5.41) is 3.15. The highest BCUT2D eigenvalue weighted by molar-refractivity contribution is 5.48. The predicted octanol–water partition coefficient (Wildman–Crippen LogP) is 1.11. The highest BCUT2D eigenvalue weighted by Gasteiger charge is 1.92. The van der Waals surface area contributed by atoms with E-state index in [0.29, 0.717) is 0 Å². The maximum atomic E-state index is 5.58. The zero-order valence-corrected chi connectivity index (χ0v) is 7.79. The average molecular weight is 181 g/mol. The number of ether oxygens (including phenoxy) is 1. The Morgan fingerprint density at radius 2 is 2.46 bits per heavy atom. The van der Waals surface area contributed by atoms with Crippen LogP contribution in [0.3, 0.4) is 0 Å². The summed E-state index contributed by atoms with van der Waals surface area (Å²) in [6, 6.07) is 3.58. The molecular formula is C9H15N3O. The molecule has 0 aliphatic carbocycles. The van der Waals surface area contributed by atoms with Crippen molar-refractivity contribution in [1.82, 2.24) is 4.98 Å². The van der Waals surface area contributed by atoms with E-state index in [1.807, 2.05) is 6.07 Å². The summed E-state index contributed by atoms with van der Waals surface area (Å²) in [4.78, 5) is 4.11. The van der Waals surface area contributed by atoms with Gasteiger partial charge in [0.1, 0.15) is 5.82 Å². The summed E-state index contributed by atoms with van der Waals surface area (Å²) < 4.78 is 4.92. The van der Waals surface area contributed by atoms with Gasteiger partial charge in [-0.1, -0.05) is 0 Å². The fourth-order valence-electron chi connectivity index (χ4n) is 0.977. The van der Waals surface area contributed by atoms with Crippen LogP contribution in [0.15, 0.2) is 18.3 Å². The van der Waals surface area contributed by atoms with Crippen LogP contribution < -0.4 is 11.1 Å². The number of methoxy groups -OCH3 is 1. The van der Waals surface area contributed by atoms with Crippen LogP contribution in [0.2, 0.25) is 0 Å². The minimum absolute atomic E-state index is 0.726. The second-order valence-electron chi connectivity index (χ2n) is 2.75. The average Bonchev–Trinajstić information content (AvgIpc) is 2.13. The van der Waals surface area contributed by atoms with Crippen LogP contribution in [0.5, 0.6) is 0 Å². The lowest BCUT2D eigenvalue weighted by Crippen LogP contribution is -2.06. The smallest absolute Gasteiger partial charge is 0.127 e. The maximum Gasteiger partial charge on any atom is 0.127 e. The highest BCUT2D eigenvalue weighted by atomic mass is 16.5. The van der Waals surface area contributed by atoms with Crippen molar-refractivity contribution in [3.63, 3.8) is 0 Å². The fraction of sp³-hybridized carbons (Fsp3) is 0.444. The SMILES string of the molecule is COCCCNc1cc(N)ccn1. The maximum absolute atomic E-state index is 5.58. The molecule has 4 nitrogen and oxygen atoms in total. The molecule has 0 unspecified atom stereocenters. The second kappa shape index (κ2) is 5.37. The Labute approximate surface area is 78.1 Å². The number of rotatable bonds is 5. The van der Waals surface area contributed by atoms with Crippen LogP contribution in [0.1, 0.15) is 6.42 Å². The van der Waals surface area contributed by atoms with Gasteiger partial charge in [0.25, 0.3) is 0 Å². The minimum Gasteiger partial charge on any atom is -0.399 e. The van der Waals surface area contributed by atoms with Crippen molar-refractivity contribution in [3.8, 4) is 0 Å². The van der Waals surface area contributed by atoms with Crippen molar-refractivity contribution < 1.29 is 4.74 Å². The molecule has 0 saturated carbocycles. The molecule has 72 valence electrons. The predicted molar refractivity (Wildman–Crippen MR) is 53.6 cm³/mol. The minimum atomic E-state index is 0.726. The third-order valence-electron chi connectivity index (χ3n) is 1.62. The van der Waals surface area contributed by atoms with Gasteiger partial charge in [0.05, 0.1) is 0 Å². The van der Waals surface area contributed by atoms with E-state index in [1.165, 1.54) is 0 Å². The van der Waals surface area contributed by atoms with Gasteiger partial charge in [-0.2, -0.15) is 0 Å². The zero-order chi connectivity index (χ0) is 9.52. The molecule has 0 atom stereocenters. The molecule has 0 saturated heterocycles. The Morgan fingerprint density at radius 3 is 3.15 bits per heavy atom. The van der Waals surface area contributed by atoms with Gasteiger partial charge in [-0.25, -0.2) is 4.98 Å². The Morgan fingerprint density at radius 1 is 1.62 bits per heavy atom. The van der Waals surface area contributed by atoms with Crippen molar-refractivity contribution in [1.29, 1.82) is 0 Å². The first kappa shape index (κ1) is 9.80. The van der Waals surface area contributed by atoms with E-state index in [9.17, 15) is 0 Å². The van der Waals surface area contributed by atoms with Gasteiger partial charge in [0.2, 0.25) is 0 Å². The number of nitrogens with two attached hydrogens (primary N) is 1. The largest absolute Gasteiger partial charge is 0.399 e. The summed E-state index contributed by atoms with van der Waals surface area (Å²) in [6.45, 7) is 1.61. The lowest BCUT2D eigenvalue weighted by atomic mass is 10.4. The summed E-state index contributed by atoms with van der Waals surface area (Å²) in [5.74, 6) is 0.816. The van der Waals surface area contributed by atoms with Crippen molar-refractivity contribution in [2.75, 3.05) is 31.3 Å². The van der Waals surface area contributed by atoms with Gasteiger partial charge >= 0.3 is 0 Å². The Balaban J connectivity index is 2.28. The molecule has 0 fully saturated rings. The van der Waals surface area contributed by atoms with Crippen molar-refractivity contribution in [2.45, 2.75) is 6.42 Å². The van der Waals surface area contributed by atoms with Gasteiger partial charge in [0.15, 0.2) is 0 Å². The molecule has 3 N–H and O–H groups in total. The topological polar surface area (TPSA) is 60.2 Å². The third-order valence-corrected chi connectivity index (χ3v) is 1.62. The molecule has 4 heteroatoms. The Bertz CT molecular complexity index is 252. The van der Waals surface area contributed by atoms with Crippen LogP contribution in [-0.4, -0.2) is 25.2 Å². The van der Waals surface area contributed by atoms with Crippen molar-refractivity contribution >= 4 is 11.5 Å². The van der Waals surface area contributed by atoms with Crippen molar-refractivity contribution in [3.05, 3.63) is 18.3 Å². The Kier molecular flexibility index (Phi) is 4.05. The summed E-state index contributed by atoms with van der Waals surface area (Å²) in [6.07, 6.45) is 2.65. The third kappa shape index (κ3) is 3.75. The molecule has 1 aromatic heterocycles. The molecule has 13 heavy (non-hydrogen) atoms. The summed E-state index contributed by atoms with van der Waals surface area (Å²) >= 11 is 0. The quantitative estimate of drug-likeness (QED) is 0.668. The van der Waals surface area contributed by atoms with Gasteiger partial charge in [-0.15, -0.1) is 0 Å². The van der Waals surface area contributed by atoms with E-state index < -0.39 is 0 Å². The lowest BCUT2D eigenvalue weighted by molar-refractivity contribution is 0.198. The number of nitrogen functional groups attached to an aromatic ring is 1. The zero-order valence-electron chi connectivity index (χ0n) is 7.79. The normalized spacial score (nSPS) is 9.92. The summed E-state index contributed by atoms with van der Waals surface area (Å²) in [5.41, 5.74) is 6.31. The van der Waals surface area contributed by atoms with Gasteiger partial charge in [-0.05, 0) is 12.5 Å². The molecule has 0 aliphatic heterocycles. The van der Waals surface area contributed by atoms with Crippen LogP contribution in [0.4, 0.5) is 11.5 Å². The molecule has 0 radical (unpaired) electrons. The molecule has 0 amide bonds. The first-order chi connectivity index (χ1) is 6.33. The van der Waals surface area contributed by atoms with E-state index in [-0.39, 0.29) is 0 Å². The molecule has 0 bridgehead atoms. The fourth-order valence-corrected chi connectivity index (χ4v) is 0.977. The van der Waals surface area contributed by atoms with E-state index >= 15 is 0 Å². The molecule has 1 rings (SSSR count). The molecule has 0 spiro atoms. The van der Waals surface area contributed by atoms with Gasteiger partial charge in [0, 0.05) is 38.2 Å². The van der Waals surface area contributed by atoms with E-state index in [0.717, 1.165) is 31.1 Å². The van der Waals surface area contributed by atoms with E-state index in [4.69, 9.17) is 10.5 Å². The van der Waals surface area contributed by atoms with Gasteiger partial charge < -0.3 is 15.8 Å². The standard InChI is InChI=1S/C9H15N3O/c1-13-6-2-4-11-9-7-8(10)3-5-12-9/h3,5,7H,2,4,6H2,1H3,(H3,10,11,12). The van der Waals surface area contributed by atoms with Crippen LogP contribution in [0.25, 0.3) is 0 Å². The molecule has 1 aromatic rings. The van der Waals surface area contributed by atoms with Crippen LogP contribution >= 0.6 is 0 Å². The highest BCUT2D eigenvalue weighted by Crippen LogP contribution is 2.07. The van der Waals surface area contributed by atoms with E-state index in [2.05, 4.69) is 10.3 Å². The number of hydrogen-bond acceptors (Lipinski definition) is 4. The first-order valence-corrected chi connectivity index (χ1v) is 4.27. The van der Waals surface area contributed by atoms with E-state index in [1.54, 1.807) is 19.4 Å². The lowest BCUT2D eigenvalue weighted by Gasteiger charge is -2.04. The number of aromatic nitrogens is 1. The Hall–Kier alpha value is -1.29. The number of nitrogens with one attached hydrogen (secondary N) is 1. The van der Waals surface area contributed by atoms with Crippen molar-refractivity contribution in [2.24, 2.45) is 0 Å². The number of hydrogen-bond donors (Lipinski definition) is 2.